The van der Waals surface area contributed by atoms with E-state index in [-0.39, 0.29) is 5.91 Å². The van der Waals surface area contributed by atoms with Gasteiger partial charge in [-0.1, -0.05) is 0 Å². The van der Waals surface area contributed by atoms with Crippen molar-refractivity contribution < 1.29 is 9.53 Å². The summed E-state index contributed by atoms with van der Waals surface area (Å²) in [6.45, 7) is 2.52. The predicted octanol–water partition coefficient (Wildman–Crippen LogP) is 3.13. The van der Waals surface area contributed by atoms with Crippen LogP contribution in [0.2, 0.25) is 0 Å². The van der Waals surface area contributed by atoms with E-state index in [1.54, 1.807) is 0 Å². The lowest BCUT2D eigenvalue weighted by Gasteiger charge is -2.11. The Morgan fingerprint density at radius 3 is 2.88 bits per heavy atom. The van der Waals surface area contributed by atoms with E-state index in [0.29, 0.717) is 18.2 Å². The summed E-state index contributed by atoms with van der Waals surface area (Å²) in [6, 6.07) is 5.49. The van der Waals surface area contributed by atoms with Crippen LogP contribution in [-0.4, -0.2) is 24.5 Å². The van der Waals surface area contributed by atoms with Crippen LogP contribution in [0, 0.1) is 0 Å². The molecular formula is C12H16ClNO2S. The molecule has 5 heteroatoms. The van der Waals surface area contributed by atoms with Gasteiger partial charge in [-0.15, -0.1) is 11.6 Å². The average Bonchev–Trinajstić information content (AvgIpc) is 2.31. The number of alkyl halides is 1. The number of rotatable bonds is 6. The second-order valence-electron chi connectivity index (χ2n) is 3.37. The normalized spacial score (nSPS) is 10.1. The van der Waals surface area contributed by atoms with E-state index in [0.717, 1.165) is 17.0 Å². The molecule has 17 heavy (non-hydrogen) atoms. The van der Waals surface area contributed by atoms with Crippen LogP contribution in [-0.2, 0) is 10.7 Å². The molecule has 0 saturated carbocycles. The molecule has 0 spiro atoms. The van der Waals surface area contributed by atoms with Crippen LogP contribution in [0.1, 0.15) is 12.5 Å². The Morgan fingerprint density at radius 1 is 1.53 bits per heavy atom. The molecule has 1 rings (SSSR count). The summed E-state index contributed by atoms with van der Waals surface area (Å²) in [6.07, 6.45) is 1.89. The fourth-order valence-electron chi connectivity index (χ4n) is 1.39. The molecule has 1 aromatic rings. The molecule has 0 atom stereocenters. The SMILES string of the molecule is CCOc1ccc(NC(=O)CSC)cc1CCl. The van der Waals surface area contributed by atoms with Crippen LogP contribution in [0.4, 0.5) is 5.69 Å². The second-order valence-corrected chi connectivity index (χ2v) is 4.50. The van der Waals surface area contributed by atoms with Crippen molar-refractivity contribution in [3.63, 3.8) is 0 Å². The third-order valence-electron chi connectivity index (χ3n) is 2.06. The van der Waals surface area contributed by atoms with Crippen LogP contribution < -0.4 is 10.1 Å². The molecule has 94 valence electrons. The number of thioether (sulfide) groups is 1. The number of hydrogen-bond acceptors (Lipinski definition) is 3. The molecule has 1 aromatic carbocycles. The molecule has 0 radical (unpaired) electrons. The van der Waals surface area contributed by atoms with Gasteiger partial charge >= 0.3 is 0 Å². The van der Waals surface area contributed by atoms with Gasteiger partial charge in [-0.2, -0.15) is 11.8 Å². The number of ether oxygens (including phenoxy) is 1. The van der Waals surface area contributed by atoms with E-state index >= 15 is 0 Å². The maximum absolute atomic E-state index is 11.4. The first-order chi connectivity index (χ1) is 8.21. The van der Waals surface area contributed by atoms with E-state index in [2.05, 4.69) is 5.32 Å². The fraction of sp³-hybridized carbons (Fsp3) is 0.417. The molecule has 0 aromatic heterocycles. The van der Waals surface area contributed by atoms with Gasteiger partial charge in [0.05, 0.1) is 18.2 Å². The Bertz CT molecular complexity index is 385. The standard InChI is InChI=1S/C12H16ClNO2S/c1-3-16-11-5-4-10(6-9(11)7-13)14-12(15)8-17-2/h4-6H,3,7-8H2,1-2H3,(H,14,15). The smallest absolute Gasteiger partial charge is 0.234 e. The first kappa shape index (κ1) is 14.2. The largest absolute Gasteiger partial charge is 0.494 e. The predicted molar refractivity (Wildman–Crippen MR) is 74.2 cm³/mol. The van der Waals surface area contributed by atoms with E-state index < -0.39 is 0 Å². The van der Waals surface area contributed by atoms with Gasteiger partial charge in [0.25, 0.3) is 0 Å². The van der Waals surface area contributed by atoms with Crippen molar-refractivity contribution in [1.82, 2.24) is 0 Å². The first-order valence-electron chi connectivity index (χ1n) is 5.31. The minimum atomic E-state index is -0.0119. The Labute approximate surface area is 111 Å². The minimum absolute atomic E-state index is 0.0119. The number of carbonyl (C=O) groups excluding carboxylic acids is 1. The van der Waals surface area contributed by atoms with Gasteiger partial charge in [0.15, 0.2) is 0 Å². The summed E-state index contributed by atoms with van der Waals surface area (Å²) >= 11 is 7.33. The number of benzene rings is 1. The van der Waals surface area contributed by atoms with Gasteiger partial charge < -0.3 is 10.1 Å². The van der Waals surface area contributed by atoms with Crippen molar-refractivity contribution in [1.29, 1.82) is 0 Å². The molecule has 0 heterocycles. The van der Waals surface area contributed by atoms with E-state index in [4.69, 9.17) is 16.3 Å². The van der Waals surface area contributed by atoms with E-state index in [9.17, 15) is 4.79 Å². The van der Waals surface area contributed by atoms with Crippen LogP contribution >= 0.6 is 23.4 Å². The summed E-state index contributed by atoms with van der Waals surface area (Å²) in [5.41, 5.74) is 1.64. The minimum Gasteiger partial charge on any atom is -0.494 e. The summed E-state index contributed by atoms with van der Waals surface area (Å²) in [4.78, 5) is 11.4. The Morgan fingerprint density at radius 2 is 2.29 bits per heavy atom. The Hall–Kier alpha value is -0.870. The molecule has 0 bridgehead atoms. The quantitative estimate of drug-likeness (QED) is 0.810. The van der Waals surface area contributed by atoms with Crippen LogP contribution in [0.5, 0.6) is 5.75 Å². The Balaban J connectivity index is 2.78. The summed E-state index contributed by atoms with van der Waals surface area (Å²) < 4.78 is 5.43. The summed E-state index contributed by atoms with van der Waals surface area (Å²) in [5.74, 6) is 1.57. The van der Waals surface area contributed by atoms with E-state index in [1.807, 2.05) is 31.4 Å². The number of amides is 1. The lowest BCUT2D eigenvalue weighted by atomic mass is 10.2. The van der Waals surface area contributed by atoms with Gasteiger partial charge in [-0.25, -0.2) is 0 Å². The molecule has 0 saturated heterocycles. The highest BCUT2D eigenvalue weighted by molar-refractivity contribution is 7.99. The third-order valence-corrected chi connectivity index (χ3v) is 2.90. The van der Waals surface area contributed by atoms with Crippen molar-refractivity contribution >= 4 is 35.0 Å². The molecule has 0 aliphatic heterocycles. The zero-order valence-corrected chi connectivity index (χ0v) is 11.5. The highest BCUT2D eigenvalue weighted by atomic mass is 35.5. The lowest BCUT2D eigenvalue weighted by molar-refractivity contribution is -0.113. The van der Waals surface area contributed by atoms with Crippen LogP contribution in [0.15, 0.2) is 18.2 Å². The van der Waals surface area contributed by atoms with Gasteiger partial charge in [-0.3, -0.25) is 4.79 Å². The summed E-state index contributed by atoms with van der Waals surface area (Å²) in [5, 5.41) is 2.81. The highest BCUT2D eigenvalue weighted by Crippen LogP contribution is 2.24. The number of carbonyl (C=O) groups is 1. The lowest BCUT2D eigenvalue weighted by Crippen LogP contribution is -2.13. The monoisotopic (exact) mass is 273 g/mol. The topological polar surface area (TPSA) is 38.3 Å². The van der Waals surface area contributed by atoms with Crippen LogP contribution in [0.3, 0.4) is 0 Å². The zero-order valence-electron chi connectivity index (χ0n) is 9.96. The van der Waals surface area contributed by atoms with Gasteiger partial charge in [0.1, 0.15) is 5.75 Å². The molecule has 0 fully saturated rings. The van der Waals surface area contributed by atoms with Gasteiger partial charge in [0, 0.05) is 11.3 Å². The second kappa shape index (κ2) is 7.45. The molecule has 0 aliphatic rings. The van der Waals surface area contributed by atoms with Gasteiger partial charge in [0.2, 0.25) is 5.91 Å². The van der Waals surface area contributed by atoms with Gasteiger partial charge in [-0.05, 0) is 31.4 Å². The first-order valence-corrected chi connectivity index (χ1v) is 7.24. The molecular weight excluding hydrogens is 258 g/mol. The highest BCUT2D eigenvalue weighted by Gasteiger charge is 2.06. The Kier molecular flexibility index (Phi) is 6.22. The number of anilines is 1. The maximum atomic E-state index is 11.4. The van der Waals surface area contributed by atoms with Crippen molar-refractivity contribution in [2.75, 3.05) is 23.9 Å². The fourth-order valence-corrected chi connectivity index (χ4v) is 1.93. The maximum Gasteiger partial charge on any atom is 0.234 e. The average molecular weight is 274 g/mol. The number of halogens is 1. The molecule has 1 amide bonds. The number of hydrogen-bond donors (Lipinski definition) is 1. The van der Waals surface area contributed by atoms with Crippen molar-refractivity contribution in [2.24, 2.45) is 0 Å². The number of nitrogens with one attached hydrogen (secondary N) is 1. The molecule has 0 aliphatic carbocycles. The third kappa shape index (κ3) is 4.48. The van der Waals surface area contributed by atoms with Crippen molar-refractivity contribution in [3.05, 3.63) is 23.8 Å². The zero-order chi connectivity index (χ0) is 12.7. The summed E-state index contributed by atoms with van der Waals surface area (Å²) in [7, 11) is 0. The molecule has 0 unspecified atom stereocenters. The van der Waals surface area contributed by atoms with E-state index in [1.165, 1.54) is 11.8 Å². The molecule has 3 nitrogen and oxygen atoms in total. The van der Waals surface area contributed by atoms with Crippen molar-refractivity contribution in [3.8, 4) is 5.75 Å². The van der Waals surface area contributed by atoms with Crippen LogP contribution in [0.25, 0.3) is 0 Å². The van der Waals surface area contributed by atoms with Crippen molar-refractivity contribution in [2.45, 2.75) is 12.8 Å². The molecule has 1 N–H and O–H groups in total.